The van der Waals surface area contributed by atoms with Gasteiger partial charge in [0.2, 0.25) is 0 Å². The number of para-hydroxylation sites is 2. The van der Waals surface area contributed by atoms with Crippen molar-refractivity contribution in [2.75, 3.05) is 0 Å². The molecule has 51 heavy (non-hydrogen) atoms. The van der Waals surface area contributed by atoms with Gasteiger partial charge in [0.25, 0.3) is 0 Å². The van der Waals surface area contributed by atoms with Gasteiger partial charge in [0.1, 0.15) is 5.58 Å². The molecule has 4 aromatic heterocycles. The van der Waals surface area contributed by atoms with Crippen LogP contribution in [0.5, 0.6) is 0 Å². The second-order valence-electron chi connectivity index (χ2n) is 13.2. The summed E-state index contributed by atoms with van der Waals surface area (Å²) in [7, 11) is 0. The molecule has 0 aliphatic carbocycles. The van der Waals surface area contributed by atoms with Gasteiger partial charge in [0.05, 0.1) is 16.9 Å². The summed E-state index contributed by atoms with van der Waals surface area (Å²) in [5.74, 6) is 0.870. The number of aryl methyl sites for hydroxylation is 3. The second-order valence-corrected chi connectivity index (χ2v) is 13.2. The zero-order valence-electron chi connectivity index (χ0n) is 32.3. The Hall–Kier alpha value is -4.97. The normalized spacial score (nSPS) is 12.5. The van der Waals surface area contributed by atoms with Gasteiger partial charge in [-0.15, -0.1) is 42.0 Å². The predicted molar refractivity (Wildman–Crippen MR) is 201 cm³/mol. The van der Waals surface area contributed by atoms with E-state index in [1.54, 1.807) is 12.3 Å². The van der Waals surface area contributed by atoms with Crippen molar-refractivity contribution < 1.29 is 33.0 Å². The Morgan fingerprint density at radius 2 is 1.57 bits per heavy atom. The number of benzene rings is 4. The average Bonchev–Trinajstić information content (AvgIpc) is 3.69. The van der Waals surface area contributed by atoms with Gasteiger partial charge in [0.15, 0.2) is 5.65 Å². The standard InChI is InChI=1S/C31H28N3O.C13H11FN.Ir/c1-18(2)21-11-8-12-22(19(3)4)28(21)34-26-17-16-20(5)32-30(26)33-31(34)25-14-9-13-24-23-10-6-7-15-27(23)35-29(24)25;1-9-3-5-11(12(14)7-9)13-6-4-10(2)8-15-13;/h6-13,15-19H,1-5H3;3-4,6-8H,1-2H3;/q2*-1;/i;1D3;. The molecule has 5 nitrogen and oxygen atoms in total. The zero-order valence-corrected chi connectivity index (χ0v) is 31.7. The first-order valence-electron chi connectivity index (χ1n) is 18.3. The van der Waals surface area contributed by atoms with Crippen molar-refractivity contribution in [3.05, 3.63) is 143 Å². The first kappa shape index (κ1) is 32.0. The Morgan fingerprint density at radius 1 is 0.804 bits per heavy atom. The van der Waals surface area contributed by atoms with Crippen LogP contribution in [0.25, 0.3) is 61.4 Å². The molecule has 4 heterocycles. The summed E-state index contributed by atoms with van der Waals surface area (Å²) in [6.45, 7) is 10.6. The first-order valence-corrected chi connectivity index (χ1v) is 16.8. The molecule has 8 aromatic rings. The van der Waals surface area contributed by atoms with Crippen LogP contribution in [0.15, 0.2) is 102 Å². The van der Waals surface area contributed by atoms with Crippen molar-refractivity contribution in [2.45, 2.75) is 60.2 Å². The van der Waals surface area contributed by atoms with Crippen LogP contribution in [0.4, 0.5) is 4.39 Å². The van der Waals surface area contributed by atoms with E-state index < -0.39 is 12.7 Å². The minimum absolute atomic E-state index is 0. The Bertz CT molecular complexity index is 2580. The summed E-state index contributed by atoms with van der Waals surface area (Å²) in [5, 5.41) is 2.16. The summed E-state index contributed by atoms with van der Waals surface area (Å²) < 4.78 is 44.1. The third-order valence-electron chi connectivity index (χ3n) is 8.85. The van der Waals surface area contributed by atoms with Crippen molar-refractivity contribution >= 4 is 33.1 Å². The summed E-state index contributed by atoms with van der Waals surface area (Å²) in [6.07, 6.45) is 1.63. The van der Waals surface area contributed by atoms with E-state index in [9.17, 15) is 4.39 Å². The fraction of sp³-hybridized carbons (Fsp3) is 0.205. The molecule has 0 amide bonds. The molecule has 7 heteroatoms. The number of nitrogens with zero attached hydrogens (tertiary/aromatic N) is 4. The maximum absolute atomic E-state index is 13.8. The fourth-order valence-electron chi connectivity index (χ4n) is 6.36. The van der Waals surface area contributed by atoms with Crippen LogP contribution >= 0.6 is 0 Å². The van der Waals surface area contributed by atoms with Crippen molar-refractivity contribution in [3.8, 4) is 28.3 Å². The van der Waals surface area contributed by atoms with Crippen LogP contribution < -0.4 is 0 Å². The molecule has 0 unspecified atom stereocenters. The smallest absolute Gasteiger partial charge is 0.168 e. The van der Waals surface area contributed by atoms with Crippen LogP contribution in [-0.2, 0) is 20.1 Å². The molecule has 0 aliphatic heterocycles. The number of hydrogen-bond acceptors (Lipinski definition) is 4. The number of rotatable bonds is 5. The average molecular weight is 854 g/mol. The van der Waals surface area contributed by atoms with Crippen molar-refractivity contribution in [2.24, 2.45) is 0 Å². The third-order valence-corrected chi connectivity index (χ3v) is 8.85. The molecule has 0 atom stereocenters. The van der Waals surface area contributed by atoms with Crippen molar-refractivity contribution in [1.29, 1.82) is 0 Å². The van der Waals surface area contributed by atoms with E-state index in [1.165, 1.54) is 22.9 Å². The topological polar surface area (TPSA) is 56.7 Å². The number of fused-ring (bicyclic) bond motifs is 4. The van der Waals surface area contributed by atoms with Crippen LogP contribution in [0.3, 0.4) is 0 Å². The SMILES string of the molecule is Cc1ccc2c(n1)nc(-c1[c-]ccc3c1oc1ccccc13)n2-c1c(C(C)C)cccc1C(C)C.[2H]C([2H])([2H])c1c[c-]c(-c2ccc(C)cn2)c(F)c1.[Ir]. The number of pyridine rings is 2. The van der Waals surface area contributed by atoms with Crippen molar-refractivity contribution in [1.82, 2.24) is 19.5 Å². The van der Waals surface area contributed by atoms with E-state index in [4.69, 9.17) is 18.5 Å². The van der Waals surface area contributed by atoms with Gasteiger partial charge in [0, 0.05) is 53.0 Å². The molecule has 1 radical (unpaired) electrons. The van der Waals surface area contributed by atoms with Gasteiger partial charge in [-0.3, -0.25) is 9.37 Å². The molecular weight excluding hydrogens is 812 g/mol. The number of halogens is 1. The number of imidazole rings is 1. The minimum Gasteiger partial charge on any atom is -0.501 e. The number of aromatic nitrogens is 4. The summed E-state index contributed by atoms with van der Waals surface area (Å²) in [5.41, 5.74) is 10.5. The molecule has 8 rings (SSSR count). The van der Waals surface area contributed by atoms with Gasteiger partial charge in [-0.25, -0.2) is 4.98 Å². The van der Waals surface area contributed by atoms with E-state index >= 15 is 0 Å². The van der Waals surface area contributed by atoms with Gasteiger partial charge < -0.3 is 14.0 Å². The van der Waals surface area contributed by atoms with Crippen LogP contribution in [-0.4, -0.2) is 19.5 Å². The van der Waals surface area contributed by atoms with E-state index in [0.29, 0.717) is 17.5 Å². The van der Waals surface area contributed by atoms with Crippen LogP contribution in [0.2, 0.25) is 0 Å². The maximum atomic E-state index is 13.8. The molecule has 0 spiro atoms. The maximum Gasteiger partial charge on any atom is 0.168 e. The molecule has 4 aromatic carbocycles. The monoisotopic (exact) mass is 854 g/mol. The molecule has 0 saturated heterocycles. The molecule has 259 valence electrons. The predicted octanol–water partition coefficient (Wildman–Crippen LogP) is 11.6. The number of furan rings is 1. The van der Waals surface area contributed by atoms with Gasteiger partial charge in [-0.2, -0.15) is 0 Å². The zero-order chi connectivity index (χ0) is 37.6. The summed E-state index contributed by atoms with van der Waals surface area (Å²) >= 11 is 0. The summed E-state index contributed by atoms with van der Waals surface area (Å²) in [6, 6.07) is 34.9. The van der Waals surface area contributed by atoms with Gasteiger partial charge in [-0.1, -0.05) is 99.6 Å². The second kappa shape index (κ2) is 14.7. The molecular formula is C44H39FIrN4O-2. The Labute approximate surface area is 316 Å². The van der Waals surface area contributed by atoms with Gasteiger partial charge in [-0.05, 0) is 66.3 Å². The number of hydrogen-bond donors (Lipinski definition) is 0. The molecule has 0 aliphatic rings. The molecule has 0 saturated carbocycles. The Balaban J connectivity index is 0.000000222. The van der Waals surface area contributed by atoms with Crippen LogP contribution in [0.1, 0.15) is 71.6 Å². The molecule has 0 N–H and O–H groups in total. The molecule has 0 bridgehead atoms. The van der Waals surface area contributed by atoms with E-state index in [1.807, 2.05) is 44.2 Å². The van der Waals surface area contributed by atoms with Gasteiger partial charge >= 0.3 is 0 Å². The summed E-state index contributed by atoms with van der Waals surface area (Å²) in [4.78, 5) is 14.0. The van der Waals surface area contributed by atoms with Crippen LogP contribution in [0, 0.1) is 38.6 Å². The first-order chi connectivity index (χ1) is 25.3. The fourth-order valence-corrected chi connectivity index (χ4v) is 6.36. The molecule has 0 fully saturated rings. The van der Waals surface area contributed by atoms with E-state index in [-0.39, 0.29) is 31.2 Å². The quantitative estimate of drug-likeness (QED) is 0.162. The van der Waals surface area contributed by atoms with Crippen molar-refractivity contribution in [3.63, 3.8) is 0 Å². The minimum atomic E-state index is -2.32. The van der Waals surface area contributed by atoms with E-state index in [0.717, 1.165) is 61.8 Å². The Kier molecular flexibility index (Phi) is 9.22. The van der Waals surface area contributed by atoms with E-state index in [2.05, 4.69) is 91.8 Å². The largest absolute Gasteiger partial charge is 0.501 e. The third kappa shape index (κ3) is 6.89. The Morgan fingerprint density at radius 3 is 2.25 bits per heavy atom.